The lowest BCUT2D eigenvalue weighted by atomic mass is 10.2. The van der Waals surface area contributed by atoms with Crippen LogP contribution in [0.5, 0.6) is 23.0 Å². The Labute approximate surface area is 197 Å². The van der Waals surface area contributed by atoms with Gasteiger partial charge in [-0.3, -0.25) is 9.78 Å². The SMILES string of the molecule is CCc1ccc(C(=O)N/N=C\c2ccc(OC(=O)c3cc(OC)c(OC)c(OC)c3)cc2)nc1. The molecule has 34 heavy (non-hydrogen) atoms. The number of nitrogens with one attached hydrogen (secondary N) is 1. The molecule has 0 saturated carbocycles. The van der Waals surface area contributed by atoms with Crippen molar-refractivity contribution in [3.05, 3.63) is 77.1 Å². The summed E-state index contributed by atoms with van der Waals surface area (Å²) in [7, 11) is 4.41. The zero-order valence-electron chi connectivity index (χ0n) is 19.3. The number of rotatable bonds is 9. The third-order valence-electron chi connectivity index (χ3n) is 4.84. The molecule has 0 fully saturated rings. The van der Waals surface area contributed by atoms with Gasteiger partial charge in [0.15, 0.2) is 11.5 Å². The van der Waals surface area contributed by atoms with Crippen LogP contribution in [-0.4, -0.2) is 44.4 Å². The number of pyridine rings is 1. The number of hydrazone groups is 1. The number of aryl methyl sites for hydroxylation is 1. The maximum atomic E-state index is 12.6. The van der Waals surface area contributed by atoms with Gasteiger partial charge in [-0.05, 0) is 60.0 Å². The Morgan fingerprint density at radius 1 is 0.971 bits per heavy atom. The number of carbonyl (C=O) groups is 2. The second kappa shape index (κ2) is 11.5. The van der Waals surface area contributed by atoms with Gasteiger partial charge in [-0.1, -0.05) is 13.0 Å². The van der Waals surface area contributed by atoms with Crippen LogP contribution in [-0.2, 0) is 6.42 Å². The first-order valence-corrected chi connectivity index (χ1v) is 10.4. The molecule has 0 aliphatic heterocycles. The van der Waals surface area contributed by atoms with Gasteiger partial charge in [-0.15, -0.1) is 0 Å². The van der Waals surface area contributed by atoms with E-state index in [-0.39, 0.29) is 11.3 Å². The highest BCUT2D eigenvalue weighted by Crippen LogP contribution is 2.38. The minimum atomic E-state index is -0.588. The molecular weight excluding hydrogens is 438 g/mol. The van der Waals surface area contributed by atoms with Crippen molar-refractivity contribution in [2.24, 2.45) is 5.10 Å². The standard InChI is InChI=1S/C25H25N3O6/c1-5-16-8-11-20(26-14-16)24(29)28-27-15-17-6-9-19(10-7-17)34-25(30)18-12-21(31-2)23(33-4)22(13-18)32-3/h6-15H,5H2,1-4H3,(H,28,29)/b27-15-. The predicted molar refractivity (Wildman–Crippen MR) is 126 cm³/mol. The Bertz CT molecular complexity index is 1150. The van der Waals surface area contributed by atoms with E-state index in [1.807, 2.05) is 13.0 Å². The lowest BCUT2D eigenvalue weighted by Crippen LogP contribution is -2.18. The van der Waals surface area contributed by atoms with Crippen LogP contribution in [0.3, 0.4) is 0 Å². The highest BCUT2D eigenvalue weighted by molar-refractivity contribution is 5.94. The Morgan fingerprint density at radius 2 is 1.65 bits per heavy atom. The molecule has 1 heterocycles. The summed E-state index contributed by atoms with van der Waals surface area (Å²) in [5.41, 5.74) is 4.70. The lowest BCUT2D eigenvalue weighted by molar-refractivity contribution is 0.0733. The van der Waals surface area contributed by atoms with Crippen LogP contribution in [0, 0.1) is 0 Å². The third-order valence-corrected chi connectivity index (χ3v) is 4.84. The van der Waals surface area contributed by atoms with Gasteiger partial charge in [0.25, 0.3) is 5.91 Å². The molecule has 0 bridgehead atoms. The highest BCUT2D eigenvalue weighted by atomic mass is 16.5. The number of amides is 1. The summed E-state index contributed by atoms with van der Waals surface area (Å²) in [5.74, 6) is 0.411. The molecular formula is C25H25N3O6. The molecule has 1 aromatic heterocycles. The quantitative estimate of drug-likeness (QED) is 0.223. The van der Waals surface area contributed by atoms with E-state index in [0.29, 0.717) is 28.6 Å². The Morgan fingerprint density at radius 3 is 2.18 bits per heavy atom. The molecule has 1 amide bonds. The van der Waals surface area contributed by atoms with Crippen molar-refractivity contribution in [1.82, 2.24) is 10.4 Å². The van der Waals surface area contributed by atoms with Crippen molar-refractivity contribution in [1.29, 1.82) is 0 Å². The van der Waals surface area contributed by atoms with Crippen molar-refractivity contribution >= 4 is 18.1 Å². The summed E-state index contributed by atoms with van der Waals surface area (Å²) in [6.45, 7) is 2.01. The van der Waals surface area contributed by atoms with Gasteiger partial charge in [0, 0.05) is 6.20 Å². The number of benzene rings is 2. The molecule has 9 nitrogen and oxygen atoms in total. The maximum absolute atomic E-state index is 12.6. The molecule has 3 aromatic rings. The Balaban J connectivity index is 1.62. The smallest absolute Gasteiger partial charge is 0.343 e. The molecule has 0 atom stereocenters. The molecule has 0 aliphatic carbocycles. The molecule has 176 valence electrons. The molecule has 0 unspecified atom stereocenters. The van der Waals surface area contributed by atoms with Gasteiger partial charge in [-0.2, -0.15) is 5.10 Å². The van der Waals surface area contributed by atoms with E-state index in [4.69, 9.17) is 18.9 Å². The zero-order chi connectivity index (χ0) is 24.5. The summed E-state index contributed by atoms with van der Waals surface area (Å²) in [6, 6.07) is 13.2. The van der Waals surface area contributed by atoms with Gasteiger partial charge in [0.1, 0.15) is 11.4 Å². The highest BCUT2D eigenvalue weighted by Gasteiger charge is 2.18. The minimum absolute atomic E-state index is 0.239. The van der Waals surface area contributed by atoms with Gasteiger partial charge < -0.3 is 18.9 Å². The average Bonchev–Trinajstić information content (AvgIpc) is 2.88. The van der Waals surface area contributed by atoms with Crippen molar-refractivity contribution in [3.63, 3.8) is 0 Å². The number of ether oxygens (including phenoxy) is 4. The molecule has 3 rings (SSSR count). The number of esters is 1. The zero-order valence-corrected chi connectivity index (χ0v) is 19.3. The van der Waals surface area contributed by atoms with E-state index in [1.165, 1.54) is 39.7 Å². The topological polar surface area (TPSA) is 108 Å². The predicted octanol–water partition coefficient (Wildman–Crippen LogP) is 3.65. The van der Waals surface area contributed by atoms with Crippen LogP contribution in [0.4, 0.5) is 0 Å². The number of hydrogen-bond acceptors (Lipinski definition) is 8. The average molecular weight is 463 g/mol. The molecule has 0 aliphatic rings. The number of nitrogens with zero attached hydrogens (tertiary/aromatic N) is 2. The van der Waals surface area contributed by atoms with E-state index < -0.39 is 11.9 Å². The van der Waals surface area contributed by atoms with Crippen LogP contribution in [0.2, 0.25) is 0 Å². The van der Waals surface area contributed by atoms with Gasteiger partial charge in [0.05, 0.1) is 33.1 Å². The van der Waals surface area contributed by atoms with E-state index in [9.17, 15) is 9.59 Å². The molecule has 1 N–H and O–H groups in total. The summed E-state index contributed by atoms with van der Waals surface area (Å²) < 4.78 is 21.2. The van der Waals surface area contributed by atoms with Crippen LogP contribution < -0.4 is 24.4 Å². The van der Waals surface area contributed by atoms with Crippen LogP contribution >= 0.6 is 0 Å². The lowest BCUT2D eigenvalue weighted by Gasteiger charge is -2.13. The van der Waals surface area contributed by atoms with E-state index >= 15 is 0 Å². The molecule has 2 aromatic carbocycles. The summed E-state index contributed by atoms with van der Waals surface area (Å²) in [4.78, 5) is 28.8. The number of hydrogen-bond donors (Lipinski definition) is 1. The minimum Gasteiger partial charge on any atom is -0.493 e. The first kappa shape index (κ1) is 24.2. The molecule has 0 radical (unpaired) electrons. The van der Waals surface area contributed by atoms with Crippen LogP contribution in [0.25, 0.3) is 0 Å². The second-order valence-electron chi connectivity index (χ2n) is 6.98. The molecule has 0 saturated heterocycles. The molecule has 0 spiro atoms. The first-order chi connectivity index (χ1) is 16.5. The van der Waals surface area contributed by atoms with Gasteiger partial charge in [-0.25, -0.2) is 10.2 Å². The van der Waals surface area contributed by atoms with Crippen molar-refractivity contribution < 1.29 is 28.5 Å². The first-order valence-electron chi connectivity index (χ1n) is 10.4. The van der Waals surface area contributed by atoms with E-state index in [0.717, 1.165) is 12.0 Å². The van der Waals surface area contributed by atoms with E-state index in [1.54, 1.807) is 36.5 Å². The monoisotopic (exact) mass is 463 g/mol. The Kier molecular flexibility index (Phi) is 8.17. The summed E-state index contributed by atoms with van der Waals surface area (Å²) in [5, 5.41) is 3.94. The van der Waals surface area contributed by atoms with Gasteiger partial charge >= 0.3 is 5.97 Å². The number of carbonyl (C=O) groups excluding carboxylic acids is 2. The fourth-order valence-electron chi connectivity index (χ4n) is 2.98. The van der Waals surface area contributed by atoms with Crippen LogP contribution in [0.1, 0.15) is 38.9 Å². The number of aromatic nitrogens is 1. The van der Waals surface area contributed by atoms with Crippen molar-refractivity contribution in [3.8, 4) is 23.0 Å². The summed E-state index contributed by atoms with van der Waals surface area (Å²) >= 11 is 0. The van der Waals surface area contributed by atoms with Crippen molar-refractivity contribution in [2.45, 2.75) is 13.3 Å². The normalized spacial score (nSPS) is 10.6. The maximum Gasteiger partial charge on any atom is 0.343 e. The third kappa shape index (κ3) is 5.89. The number of methoxy groups -OCH3 is 3. The summed E-state index contributed by atoms with van der Waals surface area (Å²) in [6.07, 6.45) is 3.99. The van der Waals surface area contributed by atoms with E-state index in [2.05, 4.69) is 15.5 Å². The molecule has 9 heteroatoms. The fraction of sp³-hybridized carbons (Fsp3) is 0.200. The fourth-order valence-corrected chi connectivity index (χ4v) is 2.98. The Hall–Kier alpha value is -4.40. The van der Waals surface area contributed by atoms with Gasteiger partial charge in [0.2, 0.25) is 5.75 Å². The van der Waals surface area contributed by atoms with Crippen LogP contribution in [0.15, 0.2) is 59.8 Å². The van der Waals surface area contributed by atoms with Crippen molar-refractivity contribution in [2.75, 3.05) is 21.3 Å². The largest absolute Gasteiger partial charge is 0.493 e. The second-order valence-corrected chi connectivity index (χ2v) is 6.98.